The van der Waals surface area contributed by atoms with Crippen molar-refractivity contribution >= 4 is 23.0 Å². The molecule has 0 bridgehead atoms. The standard InChI is InChI=1S/C19H20N4/c20-18-12-7-13-19(22-18)21-14-15-23(16-8-3-1-4-9-16)17-10-5-2-6-11-17/h1-13H,14-15H2,(H3,20,21,22). The molecule has 0 atom stereocenters. The summed E-state index contributed by atoms with van der Waals surface area (Å²) < 4.78 is 0. The molecule has 23 heavy (non-hydrogen) atoms. The lowest BCUT2D eigenvalue weighted by Gasteiger charge is -2.25. The van der Waals surface area contributed by atoms with Gasteiger partial charge in [0.2, 0.25) is 0 Å². The highest BCUT2D eigenvalue weighted by atomic mass is 15.2. The van der Waals surface area contributed by atoms with E-state index in [0.29, 0.717) is 5.82 Å². The molecule has 0 unspecified atom stereocenters. The molecule has 0 aliphatic carbocycles. The van der Waals surface area contributed by atoms with Gasteiger partial charge in [0.25, 0.3) is 0 Å². The van der Waals surface area contributed by atoms with E-state index in [1.165, 1.54) is 11.4 Å². The van der Waals surface area contributed by atoms with Crippen molar-refractivity contribution in [3.63, 3.8) is 0 Å². The lowest BCUT2D eigenvalue weighted by Crippen LogP contribution is -2.24. The first kappa shape index (κ1) is 14.9. The number of hydrogen-bond acceptors (Lipinski definition) is 4. The smallest absolute Gasteiger partial charge is 0.128 e. The van der Waals surface area contributed by atoms with Gasteiger partial charge in [-0.2, -0.15) is 0 Å². The second-order valence-electron chi connectivity index (χ2n) is 5.20. The Morgan fingerprint density at radius 2 is 1.39 bits per heavy atom. The van der Waals surface area contributed by atoms with Crippen LogP contribution in [0.25, 0.3) is 0 Å². The summed E-state index contributed by atoms with van der Waals surface area (Å²) in [6, 6.07) is 26.3. The lowest BCUT2D eigenvalue weighted by molar-refractivity contribution is 0.951. The summed E-state index contributed by atoms with van der Waals surface area (Å²) in [7, 11) is 0. The fraction of sp³-hybridized carbons (Fsp3) is 0.105. The maximum atomic E-state index is 5.71. The van der Waals surface area contributed by atoms with Gasteiger partial charge in [0, 0.05) is 24.5 Å². The van der Waals surface area contributed by atoms with Gasteiger partial charge < -0.3 is 16.0 Å². The molecule has 116 valence electrons. The van der Waals surface area contributed by atoms with E-state index < -0.39 is 0 Å². The molecule has 2 aromatic carbocycles. The van der Waals surface area contributed by atoms with E-state index >= 15 is 0 Å². The summed E-state index contributed by atoms with van der Waals surface area (Å²) in [4.78, 5) is 6.54. The number of pyridine rings is 1. The highest BCUT2D eigenvalue weighted by molar-refractivity contribution is 5.63. The van der Waals surface area contributed by atoms with Crippen molar-refractivity contribution in [2.75, 3.05) is 29.0 Å². The Kier molecular flexibility index (Phi) is 4.74. The van der Waals surface area contributed by atoms with Crippen LogP contribution in [0.3, 0.4) is 0 Å². The van der Waals surface area contributed by atoms with Crippen LogP contribution in [0.15, 0.2) is 78.9 Å². The number of nitrogens with two attached hydrogens (primary N) is 1. The number of para-hydroxylation sites is 2. The van der Waals surface area contributed by atoms with Crippen LogP contribution >= 0.6 is 0 Å². The number of benzene rings is 2. The molecule has 0 spiro atoms. The van der Waals surface area contributed by atoms with E-state index in [4.69, 9.17) is 5.73 Å². The van der Waals surface area contributed by atoms with Crippen LogP contribution in [0, 0.1) is 0 Å². The summed E-state index contributed by atoms with van der Waals surface area (Å²) >= 11 is 0. The number of rotatable bonds is 6. The third kappa shape index (κ3) is 4.01. The van der Waals surface area contributed by atoms with Gasteiger partial charge in [-0.3, -0.25) is 0 Å². The molecule has 0 aliphatic rings. The predicted molar refractivity (Wildman–Crippen MR) is 97.0 cm³/mol. The monoisotopic (exact) mass is 304 g/mol. The van der Waals surface area contributed by atoms with E-state index in [-0.39, 0.29) is 0 Å². The predicted octanol–water partition coefficient (Wildman–Crippen LogP) is 3.91. The fourth-order valence-corrected chi connectivity index (χ4v) is 2.47. The SMILES string of the molecule is Nc1cccc(NCCN(c2ccccc2)c2ccccc2)n1. The van der Waals surface area contributed by atoms with Crippen LogP contribution in [0.5, 0.6) is 0 Å². The van der Waals surface area contributed by atoms with Crippen LogP contribution in [0.1, 0.15) is 0 Å². The van der Waals surface area contributed by atoms with Gasteiger partial charge >= 0.3 is 0 Å². The summed E-state index contributed by atoms with van der Waals surface area (Å²) in [6.07, 6.45) is 0. The number of anilines is 4. The Hall–Kier alpha value is -3.01. The van der Waals surface area contributed by atoms with Crippen molar-refractivity contribution in [3.8, 4) is 0 Å². The third-order valence-electron chi connectivity index (χ3n) is 3.55. The molecule has 3 aromatic rings. The largest absolute Gasteiger partial charge is 0.384 e. The van der Waals surface area contributed by atoms with Gasteiger partial charge in [0.1, 0.15) is 11.6 Å². The van der Waals surface area contributed by atoms with Crippen LogP contribution < -0.4 is 16.0 Å². The average molecular weight is 304 g/mol. The second kappa shape index (κ2) is 7.31. The Morgan fingerprint density at radius 3 is 1.96 bits per heavy atom. The Labute approximate surface area is 136 Å². The van der Waals surface area contributed by atoms with E-state index in [9.17, 15) is 0 Å². The molecule has 0 aliphatic heterocycles. The molecule has 0 saturated heterocycles. The van der Waals surface area contributed by atoms with Crippen molar-refractivity contribution in [1.82, 2.24) is 4.98 Å². The molecule has 0 radical (unpaired) electrons. The molecule has 3 rings (SSSR count). The molecule has 1 aromatic heterocycles. The summed E-state index contributed by atoms with van der Waals surface area (Å²) in [5.41, 5.74) is 8.05. The zero-order chi connectivity index (χ0) is 15.9. The van der Waals surface area contributed by atoms with Crippen LogP contribution in [-0.4, -0.2) is 18.1 Å². The Bertz CT molecular complexity index is 689. The normalized spacial score (nSPS) is 10.3. The lowest BCUT2D eigenvalue weighted by atomic mass is 10.2. The maximum Gasteiger partial charge on any atom is 0.128 e. The molecule has 0 amide bonds. The number of hydrogen-bond donors (Lipinski definition) is 2. The zero-order valence-electron chi connectivity index (χ0n) is 12.9. The quantitative estimate of drug-likeness (QED) is 0.725. The molecule has 4 nitrogen and oxygen atoms in total. The van der Waals surface area contributed by atoms with E-state index in [0.717, 1.165) is 18.9 Å². The second-order valence-corrected chi connectivity index (χ2v) is 5.20. The van der Waals surface area contributed by atoms with Crippen LogP contribution in [0.4, 0.5) is 23.0 Å². The minimum Gasteiger partial charge on any atom is -0.384 e. The minimum absolute atomic E-state index is 0.526. The van der Waals surface area contributed by atoms with Crippen molar-refractivity contribution in [1.29, 1.82) is 0 Å². The van der Waals surface area contributed by atoms with Gasteiger partial charge in [-0.05, 0) is 36.4 Å². The highest BCUT2D eigenvalue weighted by Gasteiger charge is 2.08. The van der Waals surface area contributed by atoms with Crippen LogP contribution in [-0.2, 0) is 0 Å². The van der Waals surface area contributed by atoms with E-state index in [1.807, 2.05) is 24.3 Å². The fourth-order valence-electron chi connectivity index (χ4n) is 2.47. The topological polar surface area (TPSA) is 54.2 Å². The maximum absolute atomic E-state index is 5.71. The molecule has 1 heterocycles. The van der Waals surface area contributed by atoms with Gasteiger partial charge in [-0.25, -0.2) is 4.98 Å². The molecule has 4 heteroatoms. The van der Waals surface area contributed by atoms with Gasteiger partial charge in [-0.15, -0.1) is 0 Å². The summed E-state index contributed by atoms with van der Waals surface area (Å²) in [6.45, 7) is 1.59. The van der Waals surface area contributed by atoms with Crippen molar-refractivity contribution in [2.24, 2.45) is 0 Å². The summed E-state index contributed by atoms with van der Waals surface area (Å²) in [5, 5.41) is 3.32. The van der Waals surface area contributed by atoms with Gasteiger partial charge in [0.05, 0.1) is 0 Å². The molecule has 3 N–H and O–H groups in total. The number of nitrogens with zero attached hydrogens (tertiary/aromatic N) is 2. The third-order valence-corrected chi connectivity index (χ3v) is 3.55. The molecular formula is C19H20N4. The summed E-state index contributed by atoms with van der Waals surface area (Å²) in [5.74, 6) is 1.32. The van der Waals surface area contributed by atoms with Crippen molar-refractivity contribution in [2.45, 2.75) is 0 Å². The van der Waals surface area contributed by atoms with Crippen molar-refractivity contribution < 1.29 is 0 Å². The highest BCUT2D eigenvalue weighted by Crippen LogP contribution is 2.24. The zero-order valence-corrected chi connectivity index (χ0v) is 12.9. The van der Waals surface area contributed by atoms with E-state index in [2.05, 4.69) is 63.7 Å². The number of nitrogen functional groups attached to an aromatic ring is 1. The molecular weight excluding hydrogens is 284 g/mol. The first-order valence-electron chi connectivity index (χ1n) is 7.67. The van der Waals surface area contributed by atoms with Gasteiger partial charge in [0.15, 0.2) is 0 Å². The molecule has 0 saturated carbocycles. The van der Waals surface area contributed by atoms with Crippen molar-refractivity contribution in [3.05, 3.63) is 78.9 Å². The Morgan fingerprint density at radius 1 is 0.783 bits per heavy atom. The average Bonchev–Trinajstić information content (AvgIpc) is 2.60. The Balaban J connectivity index is 1.72. The first-order valence-corrected chi connectivity index (χ1v) is 7.67. The number of nitrogens with one attached hydrogen (secondary N) is 1. The first-order chi connectivity index (χ1) is 11.3. The van der Waals surface area contributed by atoms with Gasteiger partial charge in [-0.1, -0.05) is 42.5 Å². The van der Waals surface area contributed by atoms with Crippen LogP contribution in [0.2, 0.25) is 0 Å². The molecule has 0 fully saturated rings. The number of aromatic nitrogens is 1. The minimum atomic E-state index is 0.526. The van der Waals surface area contributed by atoms with E-state index in [1.54, 1.807) is 6.07 Å².